The lowest BCUT2D eigenvalue weighted by atomic mass is 10.2. The number of aromatic amines is 1. The van der Waals surface area contributed by atoms with E-state index >= 15 is 0 Å². The Morgan fingerprint density at radius 3 is 1.78 bits per heavy atom. The van der Waals surface area contributed by atoms with E-state index in [9.17, 15) is 0 Å². The molecule has 1 saturated heterocycles. The van der Waals surface area contributed by atoms with Gasteiger partial charge in [0.05, 0.1) is 68.3 Å². The first-order chi connectivity index (χ1) is 17.9. The minimum absolute atomic E-state index is 0.582. The zero-order valence-corrected chi connectivity index (χ0v) is 21.8. The van der Waals surface area contributed by atoms with Crippen molar-refractivity contribution >= 4 is 28.4 Å². The Bertz CT molecular complexity index is 1090. The number of imidazole rings is 1. The van der Waals surface area contributed by atoms with Crippen LogP contribution < -0.4 is 4.90 Å². The molecule has 1 aromatic carbocycles. The molecular formula is C27H31N3O4S2. The summed E-state index contributed by atoms with van der Waals surface area (Å²) in [6, 6.07) is 16.9. The molecule has 1 N–H and O–H groups in total. The Hall–Kier alpha value is -2.53. The molecule has 1 aliphatic rings. The van der Waals surface area contributed by atoms with Gasteiger partial charge in [0.15, 0.2) is 0 Å². The van der Waals surface area contributed by atoms with Crippen molar-refractivity contribution in [3.63, 3.8) is 0 Å². The zero-order chi connectivity index (χ0) is 24.4. The van der Waals surface area contributed by atoms with Gasteiger partial charge in [0.25, 0.3) is 0 Å². The van der Waals surface area contributed by atoms with E-state index in [0.717, 1.165) is 46.4 Å². The maximum Gasteiger partial charge on any atom is 0.138 e. The fourth-order valence-corrected chi connectivity index (χ4v) is 5.46. The van der Waals surface area contributed by atoms with E-state index in [4.69, 9.17) is 23.9 Å². The number of benzene rings is 1. The molecule has 190 valence electrons. The van der Waals surface area contributed by atoms with E-state index in [1.165, 1.54) is 4.88 Å². The van der Waals surface area contributed by atoms with Crippen LogP contribution in [0.15, 0.2) is 59.3 Å². The second-order valence-corrected chi connectivity index (χ2v) is 10.1. The first-order valence-corrected chi connectivity index (χ1v) is 14.0. The van der Waals surface area contributed by atoms with Crippen LogP contribution in [0.1, 0.15) is 0 Å². The second-order valence-electron chi connectivity index (χ2n) is 8.25. The summed E-state index contributed by atoms with van der Waals surface area (Å²) < 4.78 is 22.6. The molecule has 1 fully saturated rings. The number of anilines is 1. The van der Waals surface area contributed by atoms with Crippen molar-refractivity contribution in [1.82, 2.24) is 9.97 Å². The van der Waals surface area contributed by atoms with Crippen molar-refractivity contribution in [3.05, 3.63) is 59.3 Å². The van der Waals surface area contributed by atoms with Gasteiger partial charge in [-0.2, -0.15) is 0 Å². The highest BCUT2D eigenvalue weighted by atomic mass is 32.1. The van der Waals surface area contributed by atoms with E-state index in [1.807, 2.05) is 0 Å². The van der Waals surface area contributed by atoms with Crippen molar-refractivity contribution in [2.24, 2.45) is 0 Å². The first-order valence-electron chi connectivity index (χ1n) is 12.2. The van der Waals surface area contributed by atoms with Crippen molar-refractivity contribution in [2.45, 2.75) is 0 Å². The van der Waals surface area contributed by atoms with Crippen LogP contribution in [0.25, 0.3) is 32.5 Å². The van der Waals surface area contributed by atoms with E-state index < -0.39 is 0 Å². The summed E-state index contributed by atoms with van der Waals surface area (Å²) in [5.41, 5.74) is 4.25. The summed E-state index contributed by atoms with van der Waals surface area (Å²) in [5, 5.41) is 4.19. The van der Waals surface area contributed by atoms with Crippen molar-refractivity contribution < 1.29 is 18.9 Å². The van der Waals surface area contributed by atoms with Gasteiger partial charge in [0.2, 0.25) is 0 Å². The molecule has 7 nitrogen and oxygen atoms in total. The molecule has 0 aliphatic carbocycles. The van der Waals surface area contributed by atoms with E-state index in [-0.39, 0.29) is 0 Å². The highest BCUT2D eigenvalue weighted by molar-refractivity contribution is 7.14. The number of rotatable bonds is 4. The molecule has 0 unspecified atom stereocenters. The molecule has 4 aromatic rings. The van der Waals surface area contributed by atoms with Gasteiger partial charge in [-0.1, -0.05) is 12.1 Å². The van der Waals surface area contributed by atoms with Gasteiger partial charge in [0, 0.05) is 24.3 Å². The van der Waals surface area contributed by atoms with Crippen molar-refractivity contribution in [2.75, 3.05) is 70.8 Å². The molecular weight excluding hydrogens is 494 g/mol. The SMILES string of the molecule is c1csc(-c2nc(-c3ccc(N4CCOCCOCCOCCOCC4)cc3)[nH]c2-c2cccs2)c1. The number of hydrogen-bond donors (Lipinski definition) is 1. The highest BCUT2D eigenvalue weighted by Crippen LogP contribution is 2.37. The smallest absolute Gasteiger partial charge is 0.138 e. The third-order valence-electron chi connectivity index (χ3n) is 5.86. The van der Waals surface area contributed by atoms with Crippen LogP contribution in [0.3, 0.4) is 0 Å². The lowest BCUT2D eigenvalue weighted by Crippen LogP contribution is -2.31. The maximum absolute atomic E-state index is 5.78. The van der Waals surface area contributed by atoms with Gasteiger partial charge in [0.1, 0.15) is 11.5 Å². The fraction of sp³-hybridized carbons (Fsp3) is 0.370. The van der Waals surface area contributed by atoms with Gasteiger partial charge in [-0.3, -0.25) is 0 Å². The van der Waals surface area contributed by atoms with Crippen LogP contribution in [0, 0.1) is 0 Å². The average Bonchev–Trinajstić information content (AvgIpc) is 3.68. The number of thiophene rings is 2. The minimum atomic E-state index is 0.582. The van der Waals surface area contributed by atoms with Gasteiger partial charge in [-0.15, -0.1) is 22.7 Å². The molecule has 4 heterocycles. The molecule has 9 heteroatoms. The number of nitrogens with one attached hydrogen (secondary N) is 1. The van der Waals surface area contributed by atoms with Gasteiger partial charge >= 0.3 is 0 Å². The molecule has 0 amide bonds. The third kappa shape index (κ3) is 6.61. The fourth-order valence-electron chi connectivity index (χ4n) is 4.01. The summed E-state index contributed by atoms with van der Waals surface area (Å²) in [7, 11) is 0. The molecule has 36 heavy (non-hydrogen) atoms. The zero-order valence-electron chi connectivity index (χ0n) is 20.2. The molecule has 3 aromatic heterocycles. The Balaban J connectivity index is 1.31. The number of aromatic nitrogens is 2. The quantitative estimate of drug-likeness (QED) is 0.384. The van der Waals surface area contributed by atoms with Gasteiger partial charge in [-0.25, -0.2) is 4.98 Å². The molecule has 5 rings (SSSR count). The van der Waals surface area contributed by atoms with Crippen LogP contribution in [0.2, 0.25) is 0 Å². The summed E-state index contributed by atoms with van der Waals surface area (Å²) in [6.07, 6.45) is 0. The molecule has 0 bridgehead atoms. The van der Waals surface area contributed by atoms with Crippen LogP contribution >= 0.6 is 22.7 Å². The topological polar surface area (TPSA) is 68.8 Å². The predicted octanol–water partition coefficient (Wildman–Crippen LogP) is 5.42. The summed E-state index contributed by atoms with van der Waals surface area (Å²) in [6.45, 7) is 6.33. The lowest BCUT2D eigenvalue weighted by molar-refractivity contribution is 0.00206. The van der Waals surface area contributed by atoms with Crippen LogP contribution in [-0.4, -0.2) is 75.9 Å². The normalized spacial score (nSPS) is 16.9. The van der Waals surface area contributed by atoms with E-state index in [1.54, 1.807) is 22.7 Å². The summed E-state index contributed by atoms with van der Waals surface area (Å²) in [4.78, 5) is 13.2. The molecule has 0 spiro atoms. The Kier molecular flexibility index (Phi) is 9.17. The number of nitrogens with zero attached hydrogens (tertiary/aromatic N) is 2. The Morgan fingerprint density at radius 2 is 1.22 bits per heavy atom. The summed E-state index contributed by atoms with van der Waals surface area (Å²) >= 11 is 3.42. The number of ether oxygens (including phenoxy) is 4. The molecule has 1 aliphatic heterocycles. The molecule has 0 saturated carbocycles. The highest BCUT2D eigenvalue weighted by Gasteiger charge is 2.17. The monoisotopic (exact) mass is 525 g/mol. The third-order valence-corrected chi connectivity index (χ3v) is 7.62. The van der Waals surface area contributed by atoms with Crippen LogP contribution in [0.5, 0.6) is 0 Å². The van der Waals surface area contributed by atoms with Crippen LogP contribution in [0.4, 0.5) is 5.69 Å². The van der Waals surface area contributed by atoms with Crippen LogP contribution in [-0.2, 0) is 18.9 Å². The Morgan fingerprint density at radius 1 is 0.667 bits per heavy atom. The largest absolute Gasteiger partial charge is 0.377 e. The van der Waals surface area contributed by atoms with Crippen molar-refractivity contribution in [1.29, 1.82) is 0 Å². The standard InChI is InChI=1S/C27H31N3O4S2/c1-3-23(35-19-1)25-26(24-4-2-20-36-24)29-27(28-25)21-5-7-22(8-6-21)30-9-11-31-13-15-33-17-18-34-16-14-32-12-10-30/h1-8,19-20H,9-18H2,(H,28,29). The lowest BCUT2D eigenvalue weighted by Gasteiger charge is -2.25. The summed E-state index contributed by atoms with van der Waals surface area (Å²) in [5.74, 6) is 0.872. The average molecular weight is 526 g/mol. The van der Waals surface area contributed by atoms with Gasteiger partial charge < -0.3 is 28.8 Å². The van der Waals surface area contributed by atoms with Gasteiger partial charge in [-0.05, 0) is 47.2 Å². The maximum atomic E-state index is 5.78. The second kappa shape index (κ2) is 13.1. The number of H-pyrrole nitrogens is 1. The Labute approximate surface area is 219 Å². The first kappa shape index (κ1) is 25.1. The molecule has 0 radical (unpaired) electrons. The minimum Gasteiger partial charge on any atom is -0.377 e. The van der Waals surface area contributed by atoms with Crippen molar-refractivity contribution in [3.8, 4) is 32.5 Å². The number of hydrogen-bond acceptors (Lipinski definition) is 8. The van der Waals surface area contributed by atoms with E-state index in [0.29, 0.717) is 52.9 Å². The molecule has 0 atom stereocenters. The van der Waals surface area contributed by atoms with E-state index in [2.05, 4.69) is 69.2 Å². The predicted molar refractivity (Wildman–Crippen MR) is 146 cm³/mol.